The van der Waals surface area contributed by atoms with Crippen molar-refractivity contribution in [1.82, 2.24) is 40.5 Å². The number of benzene rings is 2. The summed E-state index contributed by atoms with van der Waals surface area (Å²) in [4.78, 5) is 1.75. The Bertz CT molecular complexity index is 1090. The van der Waals surface area contributed by atoms with Gasteiger partial charge in [0.25, 0.3) is 0 Å². The number of aryl methyl sites for hydroxylation is 1. The molecule has 2 aromatic heterocycles. The molecule has 1 N–H and O–H groups in total. The van der Waals surface area contributed by atoms with E-state index in [0.717, 1.165) is 51.4 Å². The van der Waals surface area contributed by atoms with Gasteiger partial charge in [0.1, 0.15) is 11.4 Å². The van der Waals surface area contributed by atoms with Gasteiger partial charge in [0.15, 0.2) is 0 Å². The molecule has 31 heavy (non-hydrogen) atoms. The number of thioether (sulfide) groups is 1. The lowest BCUT2D eigenvalue weighted by atomic mass is 10.1. The van der Waals surface area contributed by atoms with Gasteiger partial charge in [0.2, 0.25) is 5.16 Å². The Balaban J connectivity index is 1.37. The highest BCUT2D eigenvalue weighted by molar-refractivity contribution is 7.99. The number of hydrogen-bond donors (Lipinski definition) is 1. The monoisotopic (exact) mass is 454 g/mol. The molecular formula is C21H23ClN8S. The van der Waals surface area contributed by atoms with Crippen LogP contribution in [0.4, 0.5) is 0 Å². The van der Waals surface area contributed by atoms with Crippen molar-refractivity contribution in [3.63, 3.8) is 0 Å². The third-order valence-electron chi connectivity index (χ3n) is 4.61. The van der Waals surface area contributed by atoms with E-state index >= 15 is 0 Å². The predicted molar refractivity (Wildman–Crippen MR) is 122 cm³/mol. The summed E-state index contributed by atoms with van der Waals surface area (Å²) < 4.78 is 1.68. The number of nitrogens with zero attached hydrogens (tertiary/aromatic N) is 7. The van der Waals surface area contributed by atoms with Crippen LogP contribution in [0.25, 0.3) is 11.3 Å². The first-order valence-electron chi connectivity index (χ1n) is 9.99. The number of nitrogens with one attached hydrogen (secondary N) is 1. The average molecular weight is 455 g/mol. The first-order chi connectivity index (χ1) is 15.2. The third-order valence-corrected chi connectivity index (χ3v) is 5.96. The molecule has 4 rings (SSSR count). The topological polar surface area (TPSA) is 86.3 Å². The van der Waals surface area contributed by atoms with Gasteiger partial charge in [-0.05, 0) is 41.1 Å². The maximum absolute atomic E-state index is 6.00. The van der Waals surface area contributed by atoms with E-state index in [-0.39, 0.29) is 0 Å². The van der Waals surface area contributed by atoms with Crippen molar-refractivity contribution in [3.05, 3.63) is 70.9 Å². The number of halogens is 1. The molecule has 0 amide bonds. The second-order valence-electron chi connectivity index (χ2n) is 6.98. The summed E-state index contributed by atoms with van der Waals surface area (Å²) in [6.07, 6.45) is 0.997. The Morgan fingerprint density at radius 3 is 2.58 bits per heavy atom. The molecule has 0 bridgehead atoms. The zero-order chi connectivity index (χ0) is 21.5. The first-order valence-corrected chi connectivity index (χ1v) is 11.3. The van der Waals surface area contributed by atoms with Gasteiger partial charge in [-0.25, -0.2) is 4.68 Å². The van der Waals surface area contributed by atoms with Gasteiger partial charge in [0.05, 0.1) is 6.54 Å². The minimum Gasteiger partial charge on any atom is -0.311 e. The standard InChI is InChI=1S/C21H23ClN8S/c1-29-21(24-27-28-29)31-13-5-12-23-14-19-20(17-6-3-2-4-7-17)26-30(25-19)15-16-8-10-18(22)11-9-16/h2-4,6-11,23H,5,12-15H2,1H3. The van der Waals surface area contributed by atoms with Gasteiger partial charge in [-0.2, -0.15) is 15.0 Å². The lowest BCUT2D eigenvalue weighted by Gasteiger charge is -2.04. The molecule has 160 valence electrons. The number of tetrazole rings is 1. The molecule has 8 nitrogen and oxygen atoms in total. The van der Waals surface area contributed by atoms with Crippen molar-refractivity contribution in [2.45, 2.75) is 24.7 Å². The summed E-state index contributed by atoms with van der Waals surface area (Å²) >= 11 is 7.65. The molecule has 0 saturated carbocycles. The van der Waals surface area contributed by atoms with Gasteiger partial charge < -0.3 is 5.32 Å². The van der Waals surface area contributed by atoms with E-state index in [2.05, 4.69) is 33.0 Å². The van der Waals surface area contributed by atoms with Crippen molar-refractivity contribution >= 4 is 23.4 Å². The zero-order valence-electron chi connectivity index (χ0n) is 17.1. The van der Waals surface area contributed by atoms with E-state index in [9.17, 15) is 0 Å². The molecule has 2 heterocycles. The fourth-order valence-corrected chi connectivity index (χ4v) is 3.97. The van der Waals surface area contributed by atoms with E-state index in [1.165, 1.54) is 0 Å². The number of rotatable bonds is 10. The summed E-state index contributed by atoms with van der Waals surface area (Å²) in [6, 6.07) is 17.9. The van der Waals surface area contributed by atoms with Gasteiger partial charge in [0, 0.05) is 29.9 Å². The van der Waals surface area contributed by atoms with Crippen LogP contribution >= 0.6 is 23.4 Å². The lowest BCUT2D eigenvalue weighted by Crippen LogP contribution is -2.16. The van der Waals surface area contributed by atoms with E-state index < -0.39 is 0 Å². The fraction of sp³-hybridized carbons (Fsp3) is 0.286. The van der Waals surface area contributed by atoms with Crippen LogP contribution < -0.4 is 5.32 Å². The second-order valence-corrected chi connectivity index (χ2v) is 8.48. The molecule has 0 atom stereocenters. The predicted octanol–water partition coefficient (Wildman–Crippen LogP) is 3.44. The minimum absolute atomic E-state index is 0.597. The maximum atomic E-state index is 6.00. The van der Waals surface area contributed by atoms with Crippen molar-refractivity contribution in [1.29, 1.82) is 0 Å². The Morgan fingerprint density at radius 2 is 1.84 bits per heavy atom. The second kappa shape index (κ2) is 10.5. The number of hydrogen-bond acceptors (Lipinski definition) is 7. The Hall–Kier alpha value is -2.75. The van der Waals surface area contributed by atoms with Crippen LogP contribution in [0, 0.1) is 0 Å². The SMILES string of the molecule is Cn1nnnc1SCCCNCc1nn(Cc2ccc(Cl)cc2)nc1-c1ccccc1. The minimum atomic E-state index is 0.597. The summed E-state index contributed by atoms with van der Waals surface area (Å²) in [5.41, 5.74) is 4.01. The summed E-state index contributed by atoms with van der Waals surface area (Å²) in [6.45, 7) is 2.12. The Kier molecular flexibility index (Phi) is 7.29. The third kappa shape index (κ3) is 5.90. The zero-order valence-corrected chi connectivity index (χ0v) is 18.7. The highest BCUT2D eigenvalue weighted by atomic mass is 35.5. The molecule has 10 heteroatoms. The molecule has 2 aromatic carbocycles. The Morgan fingerprint density at radius 1 is 1.03 bits per heavy atom. The molecule has 0 unspecified atom stereocenters. The van der Waals surface area contributed by atoms with Gasteiger partial charge in [-0.15, -0.1) is 5.10 Å². The number of aromatic nitrogens is 7. The molecule has 4 aromatic rings. The van der Waals surface area contributed by atoms with Crippen LogP contribution in [0.1, 0.15) is 17.7 Å². The van der Waals surface area contributed by atoms with Gasteiger partial charge >= 0.3 is 0 Å². The highest BCUT2D eigenvalue weighted by Crippen LogP contribution is 2.21. The van der Waals surface area contributed by atoms with Crippen molar-refractivity contribution in [3.8, 4) is 11.3 Å². The van der Waals surface area contributed by atoms with Crippen LogP contribution in [0.2, 0.25) is 5.02 Å². The smallest absolute Gasteiger partial charge is 0.209 e. The van der Waals surface area contributed by atoms with E-state index in [4.69, 9.17) is 21.8 Å². The van der Waals surface area contributed by atoms with E-state index in [1.807, 2.05) is 49.5 Å². The van der Waals surface area contributed by atoms with E-state index in [0.29, 0.717) is 13.1 Å². The molecule has 0 aliphatic heterocycles. The molecular weight excluding hydrogens is 432 g/mol. The van der Waals surface area contributed by atoms with Crippen molar-refractivity contribution < 1.29 is 0 Å². The molecule has 0 aliphatic rings. The molecule has 0 fully saturated rings. The first kappa shape index (κ1) is 21.5. The summed E-state index contributed by atoms with van der Waals surface area (Å²) in [5.74, 6) is 0.940. The van der Waals surface area contributed by atoms with Crippen LogP contribution in [0.5, 0.6) is 0 Å². The van der Waals surface area contributed by atoms with Crippen molar-refractivity contribution in [2.75, 3.05) is 12.3 Å². The van der Waals surface area contributed by atoms with Crippen LogP contribution in [0.15, 0.2) is 59.8 Å². The highest BCUT2D eigenvalue weighted by Gasteiger charge is 2.13. The average Bonchev–Trinajstić information content (AvgIpc) is 3.38. The van der Waals surface area contributed by atoms with Crippen LogP contribution in [0.3, 0.4) is 0 Å². The normalized spacial score (nSPS) is 11.2. The Labute approximate surface area is 190 Å². The molecule has 0 radical (unpaired) electrons. The van der Waals surface area contributed by atoms with Gasteiger partial charge in [-0.1, -0.05) is 65.8 Å². The maximum Gasteiger partial charge on any atom is 0.209 e. The van der Waals surface area contributed by atoms with Gasteiger partial charge in [-0.3, -0.25) is 0 Å². The van der Waals surface area contributed by atoms with E-state index in [1.54, 1.807) is 21.2 Å². The fourth-order valence-electron chi connectivity index (χ4n) is 3.06. The lowest BCUT2D eigenvalue weighted by molar-refractivity contribution is 0.576. The quantitative estimate of drug-likeness (QED) is 0.290. The molecule has 0 spiro atoms. The van der Waals surface area contributed by atoms with Crippen LogP contribution in [-0.2, 0) is 20.1 Å². The van der Waals surface area contributed by atoms with Crippen molar-refractivity contribution in [2.24, 2.45) is 7.05 Å². The summed E-state index contributed by atoms with van der Waals surface area (Å²) in [5, 5.41) is 26.0. The largest absolute Gasteiger partial charge is 0.311 e. The summed E-state index contributed by atoms with van der Waals surface area (Å²) in [7, 11) is 1.85. The molecule has 0 saturated heterocycles. The van der Waals surface area contributed by atoms with Crippen LogP contribution in [-0.4, -0.2) is 47.5 Å². The molecule has 0 aliphatic carbocycles.